The SMILES string of the molecule is Cc1ccc(C(Cl)C(=O)N(C)C)cc1. The number of amides is 1. The third-order valence-electron chi connectivity index (χ3n) is 2.03. The van der Waals surface area contributed by atoms with E-state index in [0.717, 1.165) is 11.1 Å². The molecule has 1 aromatic carbocycles. The lowest BCUT2D eigenvalue weighted by Gasteiger charge is -2.15. The van der Waals surface area contributed by atoms with E-state index in [1.54, 1.807) is 14.1 Å². The highest BCUT2D eigenvalue weighted by Gasteiger charge is 2.18. The smallest absolute Gasteiger partial charge is 0.244 e. The fraction of sp³-hybridized carbons (Fsp3) is 0.364. The number of carbonyl (C=O) groups is 1. The van der Waals surface area contributed by atoms with Gasteiger partial charge in [-0.25, -0.2) is 0 Å². The quantitative estimate of drug-likeness (QED) is 0.688. The zero-order valence-electron chi connectivity index (χ0n) is 8.62. The summed E-state index contributed by atoms with van der Waals surface area (Å²) in [4.78, 5) is 13.0. The van der Waals surface area contributed by atoms with Crippen molar-refractivity contribution in [1.29, 1.82) is 0 Å². The molecule has 1 unspecified atom stereocenters. The van der Waals surface area contributed by atoms with Crippen molar-refractivity contribution in [1.82, 2.24) is 4.90 Å². The van der Waals surface area contributed by atoms with Crippen molar-refractivity contribution < 1.29 is 4.79 Å². The molecule has 1 rings (SSSR count). The molecular formula is C11H14ClNO. The molecule has 0 saturated heterocycles. The monoisotopic (exact) mass is 211 g/mol. The van der Waals surface area contributed by atoms with Crippen LogP contribution in [0.4, 0.5) is 0 Å². The van der Waals surface area contributed by atoms with E-state index in [2.05, 4.69) is 0 Å². The number of aryl methyl sites for hydroxylation is 1. The molecule has 0 aromatic heterocycles. The molecule has 0 N–H and O–H groups in total. The lowest BCUT2D eigenvalue weighted by molar-refractivity contribution is -0.128. The molecule has 0 heterocycles. The zero-order chi connectivity index (χ0) is 10.7. The normalized spacial score (nSPS) is 12.3. The Morgan fingerprint density at radius 2 is 1.79 bits per heavy atom. The van der Waals surface area contributed by atoms with Crippen LogP contribution >= 0.6 is 11.6 Å². The molecule has 0 saturated carbocycles. The Labute approximate surface area is 89.5 Å². The fourth-order valence-electron chi connectivity index (χ4n) is 1.10. The van der Waals surface area contributed by atoms with E-state index < -0.39 is 5.38 Å². The molecule has 0 aliphatic rings. The first-order valence-electron chi connectivity index (χ1n) is 4.44. The molecule has 0 fully saturated rings. The number of hydrogen-bond acceptors (Lipinski definition) is 1. The number of benzene rings is 1. The molecule has 0 bridgehead atoms. The second-order valence-corrected chi connectivity index (χ2v) is 3.94. The Hall–Kier alpha value is -1.02. The lowest BCUT2D eigenvalue weighted by Crippen LogP contribution is -2.25. The maximum Gasteiger partial charge on any atom is 0.244 e. The van der Waals surface area contributed by atoms with E-state index in [9.17, 15) is 4.79 Å². The van der Waals surface area contributed by atoms with E-state index in [0.29, 0.717) is 0 Å². The molecular weight excluding hydrogens is 198 g/mol. The third-order valence-corrected chi connectivity index (χ3v) is 2.47. The standard InChI is InChI=1S/C11H14ClNO/c1-8-4-6-9(7-5-8)10(12)11(14)13(2)3/h4-7,10H,1-3H3. The maximum atomic E-state index is 11.5. The minimum Gasteiger partial charge on any atom is -0.347 e. The van der Waals surface area contributed by atoms with Crippen LogP contribution in [0.25, 0.3) is 0 Å². The van der Waals surface area contributed by atoms with Gasteiger partial charge in [0, 0.05) is 14.1 Å². The predicted molar refractivity (Wildman–Crippen MR) is 58.5 cm³/mol. The molecule has 1 aromatic rings. The Bertz CT molecular complexity index is 319. The van der Waals surface area contributed by atoms with Crippen molar-refractivity contribution in [2.24, 2.45) is 0 Å². The van der Waals surface area contributed by atoms with E-state index in [4.69, 9.17) is 11.6 Å². The minimum absolute atomic E-state index is 0.0875. The Kier molecular flexibility index (Phi) is 3.53. The Morgan fingerprint density at radius 1 is 1.29 bits per heavy atom. The molecule has 2 nitrogen and oxygen atoms in total. The van der Waals surface area contributed by atoms with E-state index in [1.165, 1.54) is 4.90 Å². The van der Waals surface area contributed by atoms with Gasteiger partial charge in [0.05, 0.1) is 0 Å². The number of carbonyl (C=O) groups excluding carboxylic acids is 1. The van der Waals surface area contributed by atoms with E-state index in [1.807, 2.05) is 31.2 Å². The van der Waals surface area contributed by atoms with Crippen molar-refractivity contribution in [3.05, 3.63) is 35.4 Å². The van der Waals surface area contributed by atoms with E-state index in [-0.39, 0.29) is 5.91 Å². The summed E-state index contributed by atoms with van der Waals surface area (Å²) in [5.74, 6) is -0.0875. The van der Waals surface area contributed by atoms with Gasteiger partial charge in [0.25, 0.3) is 0 Å². The number of nitrogens with zero attached hydrogens (tertiary/aromatic N) is 1. The first-order valence-corrected chi connectivity index (χ1v) is 4.88. The Morgan fingerprint density at radius 3 is 2.21 bits per heavy atom. The highest BCUT2D eigenvalue weighted by atomic mass is 35.5. The number of alkyl halides is 1. The average Bonchev–Trinajstić information content (AvgIpc) is 2.16. The van der Waals surface area contributed by atoms with Crippen LogP contribution in [0.5, 0.6) is 0 Å². The van der Waals surface area contributed by atoms with Crippen molar-refractivity contribution >= 4 is 17.5 Å². The topological polar surface area (TPSA) is 20.3 Å². The summed E-state index contributed by atoms with van der Waals surface area (Å²) in [6.07, 6.45) is 0. The van der Waals surface area contributed by atoms with Gasteiger partial charge >= 0.3 is 0 Å². The lowest BCUT2D eigenvalue weighted by atomic mass is 10.1. The van der Waals surface area contributed by atoms with Crippen LogP contribution in [-0.2, 0) is 4.79 Å². The van der Waals surface area contributed by atoms with Gasteiger partial charge < -0.3 is 4.90 Å². The van der Waals surface area contributed by atoms with Crippen LogP contribution in [0.2, 0.25) is 0 Å². The average molecular weight is 212 g/mol. The van der Waals surface area contributed by atoms with Crippen LogP contribution in [0, 0.1) is 6.92 Å². The summed E-state index contributed by atoms with van der Waals surface area (Å²) in [7, 11) is 3.40. The number of hydrogen-bond donors (Lipinski definition) is 0. The Balaban J connectivity index is 2.84. The van der Waals surface area contributed by atoms with Crippen molar-refractivity contribution in [3.8, 4) is 0 Å². The van der Waals surface area contributed by atoms with Crippen molar-refractivity contribution in [2.45, 2.75) is 12.3 Å². The summed E-state index contributed by atoms with van der Waals surface area (Å²) in [5.41, 5.74) is 2.01. The summed E-state index contributed by atoms with van der Waals surface area (Å²) in [6.45, 7) is 2.00. The summed E-state index contributed by atoms with van der Waals surface area (Å²) in [5, 5.41) is -0.578. The maximum absolute atomic E-state index is 11.5. The summed E-state index contributed by atoms with van der Waals surface area (Å²) >= 11 is 6.01. The van der Waals surface area contributed by atoms with Gasteiger partial charge in [0.15, 0.2) is 0 Å². The number of halogens is 1. The van der Waals surface area contributed by atoms with Gasteiger partial charge in [-0.2, -0.15) is 0 Å². The van der Waals surface area contributed by atoms with Gasteiger partial charge in [-0.3, -0.25) is 4.79 Å². The molecule has 76 valence electrons. The van der Waals surface area contributed by atoms with Crippen LogP contribution in [-0.4, -0.2) is 24.9 Å². The van der Waals surface area contributed by atoms with Crippen LogP contribution < -0.4 is 0 Å². The van der Waals surface area contributed by atoms with Gasteiger partial charge in [0.1, 0.15) is 5.38 Å². The molecule has 0 spiro atoms. The van der Waals surface area contributed by atoms with Gasteiger partial charge in [-0.1, -0.05) is 29.8 Å². The molecule has 3 heteroatoms. The first-order chi connectivity index (χ1) is 6.52. The van der Waals surface area contributed by atoms with Crippen LogP contribution in [0.15, 0.2) is 24.3 Å². The second-order valence-electron chi connectivity index (χ2n) is 3.51. The van der Waals surface area contributed by atoms with E-state index >= 15 is 0 Å². The summed E-state index contributed by atoms with van der Waals surface area (Å²) < 4.78 is 0. The zero-order valence-corrected chi connectivity index (χ0v) is 9.38. The van der Waals surface area contributed by atoms with Gasteiger partial charge in [-0.05, 0) is 12.5 Å². The first kappa shape index (κ1) is 11.1. The highest BCUT2D eigenvalue weighted by Crippen LogP contribution is 2.22. The van der Waals surface area contributed by atoms with Gasteiger partial charge in [0.2, 0.25) is 5.91 Å². The molecule has 0 aliphatic carbocycles. The highest BCUT2D eigenvalue weighted by molar-refractivity contribution is 6.30. The second kappa shape index (κ2) is 4.47. The largest absolute Gasteiger partial charge is 0.347 e. The predicted octanol–water partition coefficient (Wildman–Crippen LogP) is 2.36. The molecule has 0 aliphatic heterocycles. The van der Waals surface area contributed by atoms with Crippen LogP contribution in [0.1, 0.15) is 16.5 Å². The van der Waals surface area contributed by atoms with Crippen molar-refractivity contribution in [2.75, 3.05) is 14.1 Å². The molecule has 1 atom stereocenters. The number of likely N-dealkylation sites (N-methyl/N-ethyl adjacent to an activating group) is 1. The fourth-order valence-corrected chi connectivity index (χ4v) is 1.45. The van der Waals surface area contributed by atoms with Crippen molar-refractivity contribution in [3.63, 3.8) is 0 Å². The third kappa shape index (κ3) is 2.48. The number of rotatable bonds is 2. The van der Waals surface area contributed by atoms with Crippen LogP contribution in [0.3, 0.4) is 0 Å². The summed E-state index contributed by atoms with van der Waals surface area (Å²) in [6, 6.07) is 7.67. The molecule has 14 heavy (non-hydrogen) atoms. The molecule has 1 amide bonds. The van der Waals surface area contributed by atoms with Gasteiger partial charge in [-0.15, -0.1) is 11.6 Å². The molecule has 0 radical (unpaired) electrons. The minimum atomic E-state index is -0.578.